The minimum atomic E-state index is -3.71. The molecule has 104 valence electrons. The van der Waals surface area contributed by atoms with Crippen LogP contribution in [0.3, 0.4) is 0 Å². The number of ketones is 1. The fourth-order valence-corrected chi connectivity index (χ4v) is 2.74. The van der Waals surface area contributed by atoms with Crippen molar-refractivity contribution in [2.24, 2.45) is 0 Å². The third kappa shape index (κ3) is 3.43. The number of nitrogens with zero attached hydrogens (tertiary/aromatic N) is 1. The van der Waals surface area contributed by atoms with Crippen molar-refractivity contribution < 1.29 is 13.2 Å². The van der Waals surface area contributed by atoms with Crippen LogP contribution < -0.4 is 4.72 Å². The number of carbonyl (C=O) groups excluding carboxylic acids is 1. The van der Waals surface area contributed by atoms with Gasteiger partial charge in [-0.2, -0.15) is 0 Å². The Labute approximate surface area is 125 Å². The number of Topliss-reactive ketones (excluding diaryl/α,β-unsaturated/α-hetero) is 1. The van der Waals surface area contributed by atoms with E-state index in [9.17, 15) is 13.2 Å². The van der Waals surface area contributed by atoms with E-state index in [-0.39, 0.29) is 16.5 Å². The van der Waals surface area contributed by atoms with Crippen molar-refractivity contribution in [3.63, 3.8) is 0 Å². The number of aromatic nitrogens is 1. The molecule has 1 heterocycles. The summed E-state index contributed by atoms with van der Waals surface area (Å²) in [5.41, 5.74) is 0.464. The Morgan fingerprint density at radius 3 is 2.30 bits per heavy atom. The average molecular weight is 355 g/mol. The average Bonchev–Trinajstić information content (AvgIpc) is 2.41. The van der Waals surface area contributed by atoms with E-state index in [4.69, 9.17) is 0 Å². The van der Waals surface area contributed by atoms with Gasteiger partial charge in [-0.1, -0.05) is 12.1 Å². The molecule has 0 spiro atoms. The Kier molecular flexibility index (Phi) is 4.20. The molecule has 1 aromatic carbocycles. The summed E-state index contributed by atoms with van der Waals surface area (Å²) in [5.74, 6) is 0.111. The van der Waals surface area contributed by atoms with Crippen molar-refractivity contribution in [2.75, 3.05) is 4.72 Å². The summed E-state index contributed by atoms with van der Waals surface area (Å²) < 4.78 is 27.4. The molecule has 0 aliphatic carbocycles. The molecule has 0 radical (unpaired) electrons. The maximum absolute atomic E-state index is 12.1. The van der Waals surface area contributed by atoms with Crippen LogP contribution in [-0.4, -0.2) is 19.2 Å². The predicted octanol–water partition coefficient (Wildman–Crippen LogP) is 2.85. The Bertz CT molecular complexity index is 725. The molecule has 0 aliphatic heterocycles. The quantitative estimate of drug-likeness (QED) is 0.856. The highest BCUT2D eigenvalue weighted by atomic mass is 79.9. The second-order valence-electron chi connectivity index (χ2n) is 4.05. The molecule has 0 saturated carbocycles. The number of pyridine rings is 1. The monoisotopic (exact) mass is 354 g/mol. The first kappa shape index (κ1) is 14.7. The number of anilines is 1. The fourth-order valence-electron chi connectivity index (χ4n) is 1.50. The summed E-state index contributed by atoms with van der Waals surface area (Å²) >= 11 is 3.22. The summed E-state index contributed by atoms with van der Waals surface area (Å²) in [4.78, 5) is 15.2. The van der Waals surface area contributed by atoms with Gasteiger partial charge in [0.2, 0.25) is 0 Å². The van der Waals surface area contributed by atoms with Gasteiger partial charge in [0.1, 0.15) is 5.82 Å². The lowest BCUT2D eigenvalue weighted by atomic mass is 10.2. The smallest absolute Gasteiger partial charge is 0.263 e. The zero-order chi connectivity index (χ0) is 14.8. The molecule has 0 aliphatic rings. The van der Waals surface area contributed by atoms with E-state index in [1.165, 1.54) is 37.4 Å². The molecule has 2 rings (SSSR count). The van der Waals surface area contributed by atoms with Crippen molar-refractivity contribution in [1.29, 1.82) is 0 Å². The van der Waals surface area contributed by atoms with E-state index in [2.05, 4.69) is 25.6 Å². The number of carbonyl (C=O) groups is 1. The molecule has 20 heavy (non-hydrogen) atoms. The maximum atomic E-state index is 12.1. The molecule has 0 bridgehead atoms. The van der Waals surface area contributed by atoms with Crippen LogP contribution in [0.5, 0.6) is 0 Å². The van der Waals surface area contributed by atoms with Crippen LogP contribution in [-0.2, 0) is 10.0 Å². The Morgan fingerprint density at radius 2 is 1.80 bits per heavy atom. The van der Waals surface area contributed by atoms with E-state index in [1.54, 1.807) is 12.1 Å². The van der Waals surface area contributed by atoms with Gasteiger partial charge in [-0.25, -0.2) is 13.4 Å². The summed E-state index contributed by atoms with van der Waals surface area (Å²) in [7, 11) is -3.71. The van der Waals surface area contributed by atoms with Crippen LogP contribution in [0.2, 0.25) is 0 Å². The SMILES string of the molecule is CC(=O)c1ccc(S(=O)(=O)Nc2ccc(Br)cn2)cc1. The molecule has 2 aromatic rings. The summed E-state index contributed by atoms with van der Waals surface area (Å²) in [6.07, 6.45) is 1.50. The van der Waals surface area contributed by atoms with Crippen molar-refractivity contribution in [3.05, 3.63) is 52.6 Å². The Balaban J connectivity index is 2.26. The number of rotatable bonds is 4. The highest BCUT2D eigenvalue weighted by Gasteiger charge is 2.15. The van der Waals surface area contributed by atoms with Gasteiger partial charge in [0.25, 0.3) is 10.0 Å². The summed E-state index contributed by atoms with van der Waals surface area (Å²) in [6, 6.07) is 8.96. The van der Waals surface area contributed by atoms with Crippen LogP contribution in [0.1, 0.15) is 17.3 Å². The largest absolute Gasteiger partial charge is 0.295 e. The van der Waals surface area contributed by atoms with Gasteiger partial charge in [-0.3, -0.25) is 9.52 Å². The van der Waals surface area contributed by atoms with E-state index >= 15 is 0 Å². The van der Waals surface area contributed by atoms with Gasteiger partial charge in [-0.15, -0.1) is 0 Å². The van der Waals surface area contributed by atoms with Crippen LogP contribution in [0.15, 0.2) is 52.0 Å². The third-order valence-corrected chi connectivity index (χ3v) is 4.38. The number of benzene rings is 1. The van der Waals surface area contributed by atoms with Crippen LogP contribution >= 0.6 is 15.9 Å². The predicted molar refractivity (Wildman–Crippen MR) is 79.2 cm³/mol. The highest BCUT2D eigenvalue weighted by molar-refractivity contribution is 9.10. The van der Waals surface area contributed by atoms with Gasteiger partial charge in [0.15, 0.2) is 5.78 Å². The first-order chi connectivity index (χ1) is 9.38. The third-order valence-electron chi connectivity index (χ3n) is 2.54. The minimum Gasteiger partial charge on any atom is -0.295 e. The molecular weight excluding hydrogens is 344 g/mol. The van der Waals surface area contributed by atoms with E-state index in [1.807, 2.05) is 0 Å². The second-order valence-corrected chi connectivity index (χ2v) is 6.65. The number of hydrogen-bond donors (Lipinski definition) is 1. The second kappa shape index (κ2) is 5.72. The molecule has 0 unspecified atom stereocenters. The first-order valence-electron chi connectivity index (χ1n) is 5.64. The molecular formula is C13H11BrN2O3S. The lowest BCUT2D eigenvalue weighted by Crippen LogP contribution is -2.14. The zero-order valence-electron chi connectivity index (χ0n) is 10.5. The number of hydrogen-bond acceptors (Lipinski definition) is 4. The van der Waals surface area contributed by atoms with Gasteiger partial charge in [-0.05, 0) is 47.1 Å². The van der Waals surface area contributed by atoms with Crippen LogP contribution in [0, 0.1) is 0 Å². The topological polar surface area (TPSA) is 76.1 Å². The van der Waals surface area contributed by atoms with Gasteiger partial charge >= 0.3 is 0 Å². The molecule has 7 heteroatoms. The van der Waals surface area contributed by atoms with Crippen LogP contribution in [0.4, 0.5) is 5.82 Å². The summed E-state index contributed by atoms with van der Waals surface area (Å²) in [5, 5.41) is 0. The summed E-state index contributed by atoms with van der Waals surface area (Å²) in [6.45, 7) is 1.42. The number of nitrogens with one attached hydrogen (secondary N) is 1. The molecule has 1 aromatic heterocycles. The van der Waals surface area contributed by atoms with Crippen molar-refractivity contribution in [2.45, 2.75) is 11.8 Å². The van der Waals surface area contributed by atoms with Gasteiger partial charge < -0.3 is 0 Å². The van der Waals surface area contributed by atoms with Crippen molar-refractivity contribution in [3.8, 4) is 0 Å². The van der Waals surface area contributed by atoms with E-state index in [0.29, 0.717) is 5.56 Å². The molecule has 0 saturated heterocycles. The van der Waals surface area contributed by atoms with Crippen molar-refractivity contribution >= 4 is 37.6 Å². The Morgan fingerprint density at radius 1 is 1.15 bits per heavy atom. The van der Waals surface area contributed by atoms with Gasteiger partial charge in [0.05, 0.1) is 4.90 Å². The molecule has 0 fully saturated rings. The zero-order valence-corrected chi connectivity index (χ0v) is 12.9. The van der Waals surface area contributed by atoms with Crippen LogP contribution in [0.25, 0.3) is 0 Å². The highest BCUT2D eigenvalue weighted by Crippen LogP contribution is 2.17. The first-order valence-corrected chi connectivity index (χ1v) is 7.91. The van der Waals surface area contributed by atoms with Crippen molar-refractivity contribution in [1.82, 2.24) is 4.98 Å². The van der Waals surface area contributed by atoms with E-state index < -0.39 is 10.0 Å². The number of sulfonamides is 1. The number of halogens is 1. The molecule has 0 amide bonds. The molecule has 1 N–H and O–H groups in total. The lowest BCUT2D eigenvalue weighted by Gasteiger charge is -2.07. The normalized spacial score (nSPS) is 11.1. The molecule has 5 nitrogen and oxygen atoms in total. The van der Waals surface area contributed by atoms with E-state index in [0.717, 1.165) is 4.47 Å². The van der Waals surface area contributed by atoms with Gasteiger partial charge in [0, 0.05) is 16.2 Å². The maximum Gasteiger partial charge on any atom is 0.263 e. The lowest BCUT2D eigenvalue weighted by molar-refractivity contribution is 0.101. The molecule has 0 atom stereocenters. The Hall–Kier alpha value is -1.73. The minimum absolute atomic E-state index is 0.0761. The standard InChI is InChI=1S/C13H11BrN2O3S/c1-9(17)10-2-5-12(6-3-10)20(18,19)16-13-7-4-11(14)8-15-13/h2-8H,1H3,(H,15,16). The fraction of sp³-hybridized carbons (Fsp3) is 0.0769.